The molecule has 1 N–H and O–H groups in total. The lowest BCUT2D eigenvalue weighted by atomic mass is 10.3. The van der Waals surface area contributed by atoms with Crippen LogP contribution in [0.1, 0.15) is 13.8 Å². The number of carbonyl (C=O) groups is 1. The van der Waals surface area contributed by atoms with Gasteiger partial charge in [-0.3, -0.25) is 0 Å². The van der Waals surface area contributed by atoms with Crippen LogP contribution in [-0.2, 0) is 9.53 Å². The first kappa shape index (κ1) is 18.4. The van der Waals surface area contributed by atoms with Crippen LogP contribution in [0.2, 0.25) is 0 Å². The SMILES string of the molecule is CCOC(=O)C(C)Oc1cccc(F)c1.Oc1cccc(F)c1. The van der Waals surface area contributed by atoms with E-state index in [1.165, 1.54) is 36.4 Å². The Morgan fingerprint density at radius 3 is 2.22 bits per heavy atom. The quantitative estimate of drug-likeness (QED) is 0.872. The van der Waals surface area contributed by atoms with Gasteiger partial charge in [-0.15, -0.1) is 0 Å². The lowest BCUT2D eigenvalue weighted by Gasteiger charge is -2.12. The van der Waals surface area contributed by atoms with Crippen LogP contribution in [0.5, 0.6) is 11.5 Å². The van der Waals surface area contributed by atoms with Crippen molar-refractivity contribution in [2.75, 3.05) is 6.61 Å². The smallest absolute Gasteiger partial charge is 0.347 e. The summed E-state index contributed by atoms with van der Waals surface area (Å²) in [6.45, 7) is 3.57. The summed E-state index contributed by atoms with van der Waals surface area (Å²) in [5.41, 5.74) is 0. The van der Waals surface area contributed by atoms with Gasteiger partial charge in [0.25, 0.3) is 0 Å². The molecule has 23 heavy (non-hydrogen) atoms. The first-order valence-corrected chi connectivity index (χ1v) is 6.95. The molecular weight excluding hydrogens is 306 g/mol. The van der Waals surface area contributed by atoms with E-state index in [0.717, 1.165) is 6.07 Å². The zero-order valence-corrected chi connectivity index (χ0v) is 12.8. The molecule has 2 rings (SSSR count). The molecule has 2 aromatic rings. The number of carbonyl (C=O) groups excluding carboxylic acids is 1. The lowest BCUT2D eigenvalue weighted by Crippen LogP contribution is -2.26. The van der Waals surface area contributed by atoms with Crippen molar-refractivity contribution in [1.82, 2.24) is 0 Å². The third-order valence-corrected chi connectivity index (χ3v) is 2.54. The fourth-order valence-corrected chi connectivity index (χ4v) is 1.53. The molecule has 0 spiro atoms. The van der Waals surface area contributed by atoms with Crippen molar-refractivity contribution >= 4 is 5.97 Å². The normalized spacial score (nSPS) is 11.0. The molecule has 0 bridgehead atoms. The largest absolute Gasteiger partial charge is 0.508 e. The van der Waals surface area contributed by atoms with Crippen LogP contribution in [0.4, 0.5) is 8.78 Å². The van der Waals surface area contributed by atoms with E-state index in [1.54, 1.807) is 19.9 Å². The minimum atomic E-state index is -0.730. The summed E-state index contributed by atoms with van der Waals surface area (Å²) in [6.07, 6.45) is -0.730. The maximum atomic E-state index is 12.8. The van der Waals surface area contributed by atoms with E-state index in [4.69, 9.17) is 14.6 Å². The highest BCUT2D eigenvalue weighted by molar-refractivity contribution is 5.74. The zero-order chi connectivity index (χ0) is 17.2. The number of rotatable bonds is 4. The van der Waals surface area contributed by atoms with Crippen molar-refractivity contribution in [3.8, 4) is 11.5 Å². The number of benzene rings is 2. The minimum absolute atomic E-state index is 0.0370. The Kier molecular flexibility index (Phi) is 7.53. The van der Waals surface area contributed by atoms with Crippen LogP contribution >= 0.6 is 0 Å². The number of phenolic OH excluding ortho intramolecular Hbond substituents is 1. The molecule has 6 heteroatoms. The molecule has 0 radical (unpaired) electrons. The van der Waals surface area contributed by atoms with Crippen molar-refractivity contribution in [2.24, 2.45) is 0 Å². The molecule has 4 nitrogen and oxygen atoms in total. The third kappa shape index (κ3) is 7.26. The summed E-state index contributed by atoms with van der Waals surface area (Å²) < 4.78 is 34.7. The molecule has 0 saturated carbocycles. The number of halogens is 2. The predicted molar refractivity (Wildman–Crippen MR) is 81.2 cm³/mol. The zero-order valence-electron chi connectivity index (χ0n) is 12.8. The van der Waals surface area contributed by atoms with Crippen LogP contribution in [-0.4, -0.2) is 23.8 Å². The van der Waals surface area contributed by atoms with Gasteiger partial charge in [0, 0.05) is 12.1 Å². The van der Waals surface area contributed by atoms with E-state index in [1.807, 2.05) is 0 Å². The average Bonchev–Trinajstić information content (AvgIpc) is 2.48. The summed E-state index contributed by atoms with van der Waals surface area (Å²) in [5.74, 6) is -0.990. The van der Waals surface area contributed by atoms with Crippen LogP contribution in [0.25, 0.3) is 0 Å². The van der Waals surface area contributed by atoms with Crippen LogP contribution in [0.3, 0.4) is 0 Å². The molecule has 0 heterocycles. The van der Waals surface area contributed by atoms with E-state index < -0.39 is 23.7 Å². The fourth-order valence-electron chi connectivity index (χ4n) is 1.53. The summed E-state index contributed by atoms with van der Waals surface area (Å²) in [5, 5.41) is 8.57. The van der Waals surface area contributed by atoms with Crippen molar-refractivity contribution in [1.29, 1.82) is 0 Å². The van der Waals surface area contributed by atoms with E-state index in [2.05, 4.69) is 0 Å². The van der Waals surface area contributed by atoms with Crippen molar-refractivity contribution in [2.45, 2.75) is 20.0 Å². The first-order chi connectivity index (χ1) is 10.9. The molecule has 0 aliphatic rings. The molecule has 0 amide bonds. The molecule has 1 unspecified atom stereocenters. The highest BCUT2D eigenvalue weighted by Crippen LogP contribution is 2.14. The molecule has 0 saturated heterocycles. The summed E-state index contributed by atoms with van der Waals surface area (Å²) >= 11 is 0. The molecule has 2 aromatic carbocycles. The fraction of sp³-hybridized carbons (Fsp3) is 0.235. The number of phenols is 1. The van der Waals surface area contributed by atoms with E-state index in [9.17, 15) is 13.6 Å². The third-order valence-electron chi connectivity index (χ3n) is 2.54. The lowest BCUT2D eigenvalue weighted by molar-refractivity contribution is -0.150. The molecule has 0 aromatic heterocycles. The Hall–Kier alpha value is -2.63. The Labute approximate surface area is 133 Å². The molecule has 0 fully saturated rings. The number of hydrogen-bond donors (Lipinski definition) is 1. The van der Waals surface area contributed by atoms with Gasteiger partial charge in [-0.2, -0.15) is 0 Å². The van der Waals surface area contributed by atoms with Gasteiger partial charge in [0.2, 0.25) is 0 Å². The van der Waals surface area contributed by atoms with Crippen molar-refractivity contribution in [3.63, 3.8) is 0 Å². The topological polar surface area (TPSA) is 55.8 Å². The van der Waals surface area contributed by atoms with E-state index >= 15 is 0 Å². The van der Waals surface area contributed by atoms with Gasteiger partial charge in [-0.1, -0.05) is 12.1 Å². The predicted octanol–water partition coefficient (Wildman–Crippen LogP) is 3.69. The molecule has 0 aliphatic heterocycles. The highest BCUT2D eigenvalue weighted by atomic mass is 19.1. The number of aromatic hydroxyl groups is 1. The maximum Gasteiger partial charge on any atom is 0.347 e. The van der Waals surface area contributed by atoms with E-state index in [0.29, 0.717) is 12.4 Å². The van der Waals surface area contributed by atoms with Crippen LogP contribution in [0.15, 0.2) is 48.5 Å². The highest BCUT2D eigenvalue weighted by Gasteiger charge is 2.15. The Morgan fingerprint density at radius 2 is 1.74 bits per heavy atom. The van der Waals surface area contributed by atoms with Gasteiger partial charge in [-0.25, -0.2) is 13.6 Å². The summed E-state index contributed by atoms with van der Waals surface area (Å²) in [7, 11) is 0. The second kappa shape index (κ2) is 9.40. The van der Waals surface area contributed by atoms with Crippen molar-refractivity contribution < 1.29 is 28.2 Å². The van der Waals surface area contributed by atoms with Crippen molar-refractivity contribution in [3.05, 3.63) is 60.2 Å². The first-order valence-electron chi connectivity index (χ1n) is 6.95. The number of esters is 1. The summed E-state index contributed by atoms with van der Waals surface area (Å²) in [4.78, 5) is 11.2. The van der Waals surface area contributed by atoms with Gasteiger partial charge in [0.15, 0.2) is 6.10 Å². The molecule has 124 valence electrons. The number of ether oxygens (including phenoxy) is 2. The van der Waals surface area contributed by atoms with Gasteiger partial charge in [0.05, 0.1) is 6.61 Å². The summed E-state index contributed by atoms with van der Waals surface area (Å²) in [6, 6.07) is 10.8. The molecule has 1 atom stereocenters. The van der Waals surface area contributed by atoms with E-state index in [-0.39, 0.29) is 5.75 Å². The maximum absolute atomic E-state index is 12.8. The standard InChI is InChI=1S/C11H13FO3.C6H5FO/c1-3-14-11(13)8(2)15-10-6-4-5-9(12)7-10;7-5-2-1-3-6(8)4-5/h4-8H,3H2,1-2H3;1-4,8H. The Balaban J connectivity index is 0.000000277. The second-order valence-electron chi connectivity index (χ2n) is 4.45. The monoisotopic (exact) mass is 324 g/mol. The Bertz CT molecular complexity index is 614. The average molecular weight is 324 g/mol. The molecular formula is C17H18F2O4. The second-order valence-corrected chi connectivity index (χ2v) is 4.45. The molecule has 0 aliphatic carbocycles. The van der Waals surface area contributed by atoms with Gasteiger partial charge >= 0.3 is 5.97 Å². The number of hydrogen-bond acceptors (Lipinski definition) is 4. The van der Waals surface area contributed by atoms with Crippen LogP contribution < -0.4 is 4.74 Å². The van der Waals surface area contributed by atoms with Gasteiger partial charge in [-0.05, 0) is 38.1 Å². The van der Waals surface area contributed by atoms with Crippen LogP contribution in [0, 0.1) is 11.6 Å². The minimum Gasteiger partial charge on any atom is -0.508 e. The Morgan fingerprint density at radius 1 is 1.13 bits per heavy atom. The van der Waals surface area contributed by atoms with Gasteiger partial charge < -0.3 is 14.6 Å². The van der Waals surface area contributed by atoms with Gasteiger partial charge in [0.1, 0.15) is 23.1 Å².